The number of anilines is 1. The number of carbonyl (C=O) groups is 2. The summed E-state index contributed by atoms with van der Waals surface area (Å²) in [6, 6.07) is 16.6. The zero-order valence-electron chi connectivity index (χ0n) is 14.0. The fraction of sp³-hybridized carbons (Fsp3) is 0.263. The van der Waals surface area contributed by atoms with Crippen molar-refractivity contribution in [2.45, 2.75) is 13.0 Å². The van der Waals surface area contributed by atoms with Gasteiger partial charge in [0.25, 0.3) is 0 Å². The van der Waals surface area contributed by atoms with Crippen molar-refractivity contribution in [3.8, 4) is 0 Å². The van der Waals surface area contributed by atoms with E-state index in [1.807, 2.05) is 49.4 Å². The first-order valence-corrected chi connectivity index (χ1v) is 8.59. The Labute approximate surface area is 152 Å². The molecule has 0 aliphatic carbocycles. The van der Waals surface area contributed by atoms with E-state index in [1.165, 1.54) is 0 Å². The standard InChI is InChI=1S/C19H20ClN3O2/c1-14(15-6-3-2-4-7-15)21-18(24)13-22-10-11-23(19(22)25)17-9-5-8-16(20)12-17/h2-9,12,14H,10-11,13H2,1H3,(H,21,24). The van der Waals surface area contributed by atoms with Gasteiger partial charge in [-0.1, -0.05) is 48.0 Å². The van der Waals surface area contributed by atoms with Crippen molar-refractivity contribution in [3.05, 3.63) is 65.2 Å². The van der Waals surface area contributed by atoms with Gasteiger partial charge in [-0.15, -0.1) is 0 Å². The summed E-state index contributed by atoms with van der Waals surface area (Å²) < 4.78 is 0. The van der Waals surface area contributed by atoms with E-state index in [0.717, 1.165) is 11.3 Å². The second-order valence-electron chi connectivity index (χ2n) is 6.04. The molecular weight excluding hydrogens is 338 g/mol. The average Bonchev–Trinajstić information content (AvgIpc) is 2.96. The van der Waals surface area contributed by atoms with Gasteiger partial charge in [-0.05, 0) is 30.7 Å². The molecule has 0 saturated carbocycles. The molecule has 1 atom stereocenters. The van der Waals surface area contributed by atoms with Gasteiger partial charge in [-0.2, -0.15) is 0 Å². The number of carbonyl (C=O) groups excluding carboxylic acids is 2. The summed E-state index contributed by atoms with van der Waals surface area (Å²) in [6.45, 7) is 3.03. The van der Waals surface area contributed by atoms with Crippen LogP contribution in [0.15, 0.2) is 54.6 Å². The highest BCUT2D eigenvalue weighted by Gasteiger charge is 2.31. The molecule has 1 heterocycles. The molecule has 1 unspecified atom stereocenters. The van der Waals surface area contributed by atoms with Gasteiger partial charge in [0.05, 0.1) is 6.04 Å². The summed E-state index contributed by atoms with van der Waals surface area (Å²) in [5.41, 5.74) is 1.78. The molecule has 1 aliphatic heterocycles. The molecule has 0 spiro atoms. The van der Waals surface area contributed by atoms with E-state index in [4.69, 9.17) is 11.6 Å². The predicted octanol–water partition coefficient (Wildman–Crippen LogP) is 3.46. The van der Waals surface area contributed by atoms with Crippen molar-refractivity contribution >= 4 is 29.2 Å². The first kappa shape index (κ1) is 17.3. The lowest BCUT2D eigenvalue weighted by atomic mass is 10.1. The molecule has 0 bridgehead atoms. The van der Waals surface area contributed by atoms with Crippen LogP contribution in [0.4, 0.5) is 10.5 Å². The Morgan fingerprint density at radius 1 is 1.16 bits per heavy atom. The number of halogens is 1. The number of urea groups is 1. The number of hydrogen-bond acceptors (Lipinski definition) is 2. The summed E-state index contributed by atoms with van der Waals surface area (Å²) in [7, 11) is 0. The van der Waals surface area contributed by atoms with E-state index < -0.39 is 0 Å². The molecule has 25 heavy (non-hydrogen) atoms. The zero-order valence-corrected chi connectivity index (χ0v) is 14.7. The lowest BCUT2D eigenvalue weighted by Gasteiger charge is -2.20. The van der Waals surface area contributed by atoms with E-state index in [2.05, 4.69) is 5.32 Å². The molecule has 6 heteroatoms. The molecule has 5 nitrogen and oxygen atoms in total. The molecule has 0 aromatic heterocycles. The Balaban J connectivity index is 1.58. The SMILES string of the molecule is CC(NC(=O)CN1CCN(c2cccc(Cl)c2)C1=O)c1ccccc1. The number of amides is 3. The van der Waals surface area contributed by atoms with Gasteiger partial charge in [0.15, 0.2) is 0 Å². The van der Waals surface area contributed by atoms with Gasteiger partial charge >= 0.3 is 6.03 Å². The van der Waals surface area contributed by atoms with Crippen LogP contribution in [0.2, 0.25) is 5.02 Å². The van der Waals surface area contributed by atoms with Crippen LogP contribution in [0.1, 0.15) is 18.5 Å². The van der Waals surface area contributed by atoms with Gasteiger partial charge in [0.2, 0.25) is 5.91 Å². The zero-order chi connectivity index (χ0) is 17.8. The van der Waals surface area contributed by atoms with Crippen molar-refractivity contribution in [2.24, 2.45) is 0 Å². The minimum atomic E-state index is -0.176. The molecule has 3 amide bonds. The van der Waals surface area contributed by atoms with Crippen LogP contribution in [0.25, 0.3) is 0 Å². The molecule has 3 rings (SSSR count). The summed E-state index contributed by atoms with van der Waals surface area (Å²) in [6.07, 6.45) is 0. The van der Waals surface area contributed by atoms with Gasteiger partial charge in [0, 0.05) is 23.8 Å². The molecular formula is C19H20ClN3O2. The number of nitrogens with zero attached hydrogens (tertiary/aromatic N) is 2. The number of rotatable bonds is 5. The maximum Gasteiger partial charge on any atom is 0.325 e. The van der Waals surface area contributed by atoms with Crippen LogP contribution in [-0.4, -0.2) is 36.5 Å². The van der Waals surface area contributed by atoms with Crippen molar-refractivity contribution in [1.82, 2.24) is 10.2 Å². The van der Waals surface area contributed by atoms with Crippen LogP contribution >= 0.6 is 11.6 Å². The highest BCUT2D eigenvalue weighted by atomic mass is 35.5. The van der Waals surface area contributed by atoms with E-state index >= 15 is 0 Å². The van der Waals surface area contributed by atoms with Gasteiger partial charge in [0.1, 0.15) is 6.54 Å². The van der Waals surface area contributed by atoms with Crippen molar-refractivity contribution in [1.29, 1.82) is 0 Å². The largest absolute Gasteiger partial charge is 0.348 e. The third-order valence-electron chi connectivity index (χ3n) is 4.23. The van der Waals surface area contributed by atoms with Crippen LogP contribution in [0.3, 0.4) is 0 Å². The molecule has 1 N–H and O–H groups in total. The van der Waals surface area contributed by atoms with E-state index in [-0.39, 0.29) is 24.5 Å². The van der Waals surface area contributed by atoms with Gasteiger partial charge in [-0.25, -0.2) is 4.79 Å². The third-order valence-corrected chi connectivity index (χ3v) is 4.46. The first-order chi connectivity index (χ1) is 12.0. The molecule has 0 radical (unpaired) electrons. The average molecular weight is 358 g/mol. The topological polar surface area (TPSA) is 52.7 Å². The second-order valence-corrected chi connectivity index (χ2v) is 6.47. The minimum absolute atomic E-state index is 0.0487. The number of benzene rings is 2. The maximum atomic E-state index is 12.5. The van der Waals surface area contributed by atoms with Gasteiger partial charge < -0.3 is 10.2 Å². The van der Waals surface area contributed by atoms with Crippen molar-refractivity contribution in [2.75, 3.05) is 24.5 Å². The fourth-order valence-corrected chi connectivity index (χ4v) is 3.08. The fourth-order valence-electron chi connectivity index (χ4n) is 2.90. The van der Waals surface area contributed by atoms with Crippen LogP contribution in [0, 0.1) is 0 Å². The normalized spacial score (nSPS) is 15.4. The lowest BCUT2D eigenvalue weighted by molar-refractivity contribution is -0.122. The smallest absolute Gasteiger partial charge is 0.325 e. The Morgan fingerprint density at radius 3 is 2.64 bits per heavy atom. The van der Waals surface area contributed by atoms with E-state index in [1.54, 1.807) is 21.9 Å². The summed E-state index contributed by atoms with van der Waals surface area (Å²) in [5.74, 6) is -0.169. The van der Waals surface area contributed by atoms with E-state index in [0.29, 0.717) is 18.1 Å². The molecule has 1 fully saturated rings. The highest BCUT2D eigenvalue weighted by molar-refractivity contribution is 6.30. The first-order valence-electron chi connectivity index (χ1n) is 8.21. The highest BCUT2D eigenvalue weighted by Crippen LogP contribution is 2.23. The summed E-state index contributed by atoms with van der Waals surface area (Å²) >= 11 is 5.99. The summed E-state index contributed by atoms with van der Waals surface area (Å²) in [5, 5.41) is 3.52. The predicted molar refractivity (Wildman–Crippen MR) is 98.8 cm³/mol. The lowest BCUT2D eigenvalue weighted by Crippen LogP contribution is -2.40. The Hall–Kier alpha value is -2.53. The molecule has 2 aromatic carbocycles. The second kappa shape index (κ2) is 7.57. The third kappa shape index (κ3) is 4.12. The summed E-state index contributed by atoms with van der Waals surface area (Å²) in [4.78, 5) is 28.0. The Bertz CT molecular complexity index is 766. The molecule has 2 aromatic rings. The molecule has 130 valence electrons. The van der Waals surface area contributed by atoms with Crippen LogP contribution < -0.4 is 10.2 Å². The number of nitrogens with one attached hydrogen (secondary N) is 1. The van der Waals surface area contributed by atoms with Crippen LogP contribution in [0.5, 0.6) is 0 Å². The van der Waals surface area contributed by atoms with Crippen LogP contribution in [-0.2, 0) is 4.79 Å². The monoisotopic (exact) mass is 357 g/mol. The minimum Gasteiger partial charge on any atom is -0.348 e. The molecule has 1 saturated heterocycles. The Kier molecular flexibility index (Phi) is 5.24. The van der Waals surface area contributed by atoms with Gasteiger partial charge in [-0.3, -0.25) is 9.69 Å². The maximum absolute atomic E-state index is 12.5. The number of hydrogen-bond donors (Lipinski definition) is 1. The van der Waals surface area contributed by atoms with E-state index in [9.17, 15) is 9.59 Å². The molecule has 1 aliphatic rings. The quantitative estimate of drug-likeness (QED) is 0.891. The van der Waals surface area contributed by atoms with Crippen molar-refractivity contribution in [3.63, 3.8) is 0 Å². The van der Waals surface area contributed by atoms with Crippen molar-refractivity contribution < 1.29 is 9.59 Å². The Morgan fingerprint density at radius 2 is 1.92 bits per heavy atom.